The van der Waals surface area contributed by atoms with Crippen molar-refractivity contribution >= 4 is 11.9 Å². The third kappa shape index (κ3) is 7.82. The molecule has 3 nitrogen and oxygen atoms in total. The van der Waals surface area contributed by atoms with Gasteiger partial charge >= 0.3 is 0 Å². The van der Waals surface area contributed by atoms with Crippen molar-refractivity contribution in [2.45, 2.75) is 27.7 Å². The van der Waals surface area contributed by atoms with Gasteiger partial charge in [-0.2, -0.15) is 0 Å². The van der Waals surface area contributed by atoms with Gasteiger partial charge in [0.15, 0.2) is 17.3 Å². The average Bonchev–Trinajstić information content (AvgIpc) is 2.50. The first-order valence-electron chi connectivity index (χ1n) is 6.39. The molecule has 106 valence electrons. The number of phenols is 1. The van der Waals surface area contributed by atoms with Crippen LogP contribution >= 0.6 is 0 Å². The summed E-state index contributed by atoms with van der Waals surface area (Å²) < 4.78 is 4.93. The summed E-state index contributed by atoms with van der Waals surface area (Å²) in [5.74, 6) is 0.287. The van der Waals surface area contributed by atoms with Crippen LogP contribution in [-0.4, -0.2) is 18.0 Å². The third-order valence-corrected chi connectivity index (χ3v) is 1.85. The number of methoxy groups -OCH3 is 1. The smallest absolute Gasteiger partial charge is 0.178 e. The molecular weight excluding hydrogens is 240 g/mol. The van der Waals surface area contributed by atoms with Crippen LogP contribution < -0.4 is 4.74 Å². The Bertz CT molecular complexity index is 406. The van der Waals surface area contributed by atoms with Crippen LogP contribution in [0.4, 0.5) is 0 Å². The van der Waals surface area contributed by atoms with E-state index in [4.69, 9.17) is 4.74 Å². The number of aromatic hydroxyl groups is 1. The highest BCUT2D eigenvalue weighted by Crippen LogP contribution is 2.26. The summed E-state index contributed by atoms with van der Waals surface area (Å²) in [5, 5.41) is 9.33. The molecular formula is C16H24O3. The second kappa shape index (κ2) is 12.4. The first kappa shape index (κ1) is 19.3. The monoisotopic (exact) mass is 264 g/mol. The van der Waals surface area contributed by atoms with Gasteiger partial charge in [0.1, 0.15) is 0 Å². The van der Waals surface area contributed by atoms with Gasteiger partial charge < -0.3 is 9.84 Å². The fourth-order valence-corrected chi connectivity index (χ4v) is 1.04. The lowest BCUT2D eigenvalue weighted by atomic mass is 10.1. The summed E-state index contributed by atoms with van der Waals surface area (Å²) in [7, 11) is 1.47. The van der Waals surface area contributed by atoms with Crippen LogP contribution in [0.15, 0.2) is 36.9 Å². The molecule has 0 bridgehead atoms. The molecule has 1 N–H and O–H groups in total. The number of rotatable bonds is 4. The molecule has 0 aliphatic heterocycles. The molecule has 1 rings (SSSR count). The van der Waals surface area contributed by atoms with E-state index in [0.29, 0.717) is 5.75 Å². The lowest BCUT2D eigenvalue weighted by Gasteiger charge is -2.03. The van der Waals surface area contributed by atoms with Gasteiger partial charge in [-0.1, -0.05) is 46.4 Å². The second-order valence-corrected chi connectivity index (χ2v) is 2.87. The molecule has 0 unspecified atom stereocenters. The Morgan fingerprint density at radius 1 is 1.26 bits per heavy atom. The van der Waals surface area contributed by atoms with Crippen molar-refractivity contribution in [3.05, 3.63) is 42.5 Å². The molecule has 1 aromatic carbocycles. The van der Waals surface area contributed by atoms with Gasteiger partial charge in [-0.3, -0.25) is 4.79 Å². The summed E-state index contributed by atoms with van der Waals surface area (Å²) in [6.45, 7) is 11.4. The molecule has 0 aliphatic carbocycles. The van der Waals surface area contributed by atoms with Gasteiger partial charge in [0.05, 0.1) is 7.11 Å². The number of carbonyl (C=O) groups excluding carboxylic acids is 1. The standard InChI is InChI=1S/C12H12O3.2C2H6/c1-3-10(13)6-4-9-5-7-11(14)12(8-9)15-2;2*1-2/h3-8,14H,1H2,2H3;2*1-2H3/b6-4+;;. The summed E-state index contributed by atoms with van der Waals surface area (Å²) in [5.41, 5.74) is 0.778. The van der Waals surface area contributed by atoms with E-state index in [0.717, 1.165) is 5.56 Å². The van der Waals surface area contributed by atoms with E-state index < -0.39 is 0 Å². The maximum absolute atomic E-state index is 10.9. The zero-order valence-corrected chi connectivity index (χ0v) is 12.4. The van der Waals surface area contributed by atoms with Crippen molar-refractivity contribution in [3.63, 3.8) is 0 Å². The number of ether oxygens (including phenoxy) is 1. The Balaban J connectivity index is 0. The Kier molecular flexibility index (Phi) is 12.6. The molecule has 0 saturated heterocycles. The Morgan fingerprint density at radius 2 is 1.84 bits per heavy atom. The minimum absolute atomic E-state index is 0.0738. The number of hydrogen-bond donors (Lipinski definition) is 1. The normalized spacial score (nSPS) is 8.68. The van der Waals surface area contributed by atoms with Crippen molar-refractivity contribution in [1.29, 1.82) is 0 Å². The van der Waals surface area contributed by atoms with E-state index in [-0.39, 0.29) is 11.5 Å². The highest BCUT2D eigenvalue weighted by molar-refractivity contribution is 6.01. The molecule has 0 amide bonds. The highest BCUT2D eigenvalue weighted by atomic mass is 16.5. The van der Waals surface area contributed by atoms with Gasteiger partial charge in [0.25, 0.3) is 0 Å². The number of benzene rings is 1. The van der Waals surface area contributed by atoms with Crippen LogP contribution in [0.3, 0.4) is 0 Å². The highest BCUT2D eigenvalue weighted by Gasteiger charge is 2.00. The molecule has 0 saturated carbocycles. The van der Waals surface area contributed by atoms with Gasteiger partial charge in [-0.05, 0) is 29.8 Å². The Morgan fingerprint density at radius 3 is 2.32 bits per heavy atom. The topological polar surface area (TPSA) is 46.5 Å². The molecule has 0 aliphatic rings. The first-order chi connectivity index (χ1) is 9.17. The zero-order valence-electron chi connectivity index (χ0n) is 12.4. The molecule has 0 aromatic heterocycles. The SMILES string of the molecule is C=CC(=O)/C=C/c1ccc(O)c(OC)c1.CC.CC. The third-order valence-electron chi connectivity index (χ3n) is 1.85. The molecule has 19 heavy (non-hydrogen) atoms. The molecule has 0 heterocycles. The molecule has 0 radical (unpaired) electrons. The van der Waals surface area contributed by atoms with Crippen molar-refractivity contribution in [1.82, 2.24) is 0 Å². The quantitative estimate of drug-likeness (QED) is 0.828. The summed E-state index contributed by atoms with van der Waals surface area (Å²) in [6.07, 6.45) is 4.26. The minimum Gasteiger partial charge on any atom is -0.504 e. The van der Waals surface area contributed by atoms with Crippen molar-refractivity contribution in [2.24, 2.45) is 0 Å². The van der Waals surface area contributed by atoms with Crippen LogP contribution in [0.2, 0.25) is 0 Å². The van der Waals surface area contributed by atoms with Crippen LogP contribution in [0.5, 0.6) is 11.5 Å². The molecule has 0 atom stereocenters. The van der Waals surface area contributed by atoms with Crippen LogP contribution in [0.1, 0.15) is 33.3 Å². The largest absolute Gasteiger partial charge is 0.504 e. The number of phenolic OH excluding ortho intramolecular Hbond substituents is 1. The van der Waals surface area contributed by atoms with Crippen molar-refractivity contribution in [2.75, 3.05) is 7.11 Å². The Labute approximate surface area is 116 Å². The number of carbonyl (C=O) groups is 1. The van der Waals surface area contributed by atoms with Crippen LogP contribution in [0.25, 0.3) is 6.08 Å². The number of hydrogen-bond acceptors (Lipinski definition) is 3. The molecule has 0 spiro atoms. The maximum Gasteiger partial charge on any atom is 0.178 e. The maximum atomic E-state index is 10.9. The summed E-state index contributed by atoms with van der Waals surface area (Å²) >= 11 is 0. The predicted octanol–water partition coefficient (Wildman–Crippen LogP) is 4.22. The van der Waals surface area contributed by atoms with Crippen molar-refractivity contribution < 1.29 is 14.6 Å². The first-order valence-corrected chi connectivity index (χ1v) is 6.39. The lowest BCUT2D eigenvalue weighted by molar-refractivity contribution is -0.110. The number of ketones is 1. The second-order valence-electron chi connectivity index (χ2n) is 2.87. The average molecular weight is 264 g/mol. The Hall–Kier alpha value is -2.03. The van der Waals surface area contributed by atoms with Crippen molar-refractivity contribution in [3.8, 4) is 11.5 Å². The lowest BCUT2D eigenvalue weighted by Crippen LogP contribution is -1.86. The van der Waals surface area contributed by atoms with Gasteiger partial charge in [0.2, 0.25) is 0 Å². The van der Waals surface area contributed by atoms with E-state index >= 15 is 0 Å². The van der Waals surface area contributed by atoms with Crippen LogP contribution in [-0.2, 0) is 4.79 Å². The zero-order chi connectivity index (χ0) is 15.3. The van der Waals surface area contributed by atoms with Gasteiger partial charge in [0, 0.05) is 0 Å². The minimum atomic E-state index is -0.165. The van der Waals surface area contributed by atoms with Crippen LogP contribution in [0, 0.1) is 0 Å². The fraction of sp³-hybridized carbons (Fsp3) is 0.312. The molecule has 1 aromatic rings. The predicted molar refractivity (Wildman–Crippen MR) is 81.6 cm³/mol. The van der Waals surface area contributed by atoms with E-state index in [1.807, 2.05) is 27.7 Å². The molecule has 0 fully saturated rings. The van der Waals surface area contributed by atoms with E-state index in [9.17, 15) is 9.90 Å². The molecule has 3 heteroatoms. The van der Waals surface area contributed by atoms with E-state index in [1.54, 1.807) is 18.2 Å². The van der Waals surface area contributed by atoms with E-state index in [1.165, 1.54) is 25.3 Å². The summed E-state index contributed by atoms with van der Waals surface area (Å²) in [4.78, 5) is 10.9. The fourth-order valence-electron chi connectivity index (χ4n) is 1.04. The van der Waals surface area contributed by atoms with Gasteiger partial charge in [-0.15, -0.1) is 0 Å². The van der Waals surface area contributed by atoms with Gasteiger partial charge in [-0.25, -0.2) is 0 Å². The number of allylic oxidation sites excluding steroid dienone is 2. The summed E-state index contributed by atoms with van der Waals surface area (Å²) in [6, 6.07) is 4.84. The van der Waals surface area contributed by atoms with E-state index in [2.05, 4.69) is 6.58 Å².